The van der Waals surface area contributed by atoms with Crippen LogP contribution in [-0.2, 0) is 23.1 Å². The number of rotatable bonds is 6. The zero-order valence-electron chi connectivity index (χ0n) is 36.8. The van der Waals surface area contributed by atoms with Crippen molar-refractivity contribution in [2.75, 3.05) is 29.6 Å². The number of fused-ring (bicyclic) bond motifs is 2. The summed E-state index contributed by atoms with van der Waals surface area (Å²) in [6.07, 6.45) is 7.25. The van der Waals surface area contributed by atoms with Crippen LogP contribution in [-0.4, -0.2) is 53.0 Å². The molecular formula is C49H41Cl3N11O4PS2. The van der Waals surface area contributed by atoms with E-state index in [0.29, 0.717) is 44.4 Å². The minimum atomic E-state index is -0.750. The van der Waals surface area contributed by atoms with E-state index in [9.17, 15) is 0 Å². The SMILES string of the molecule is CN=P.Clc1ncc(Cl)c(-c2cn(-c3ccccc3)c3ccccc23)n1.Nc1cccc(N)c1.Nc1cccc(Nc2ncc(Cl)c(-c3cn(-c4ccccc4)c4ccccc34)n2)c1.O=S=O.O=S=O. The molecule has 4 aromatic heterocycles. The third-order valence-electron chi connectivity index (χ3n) is 9.52. The number of nitrogens with one attached hydrogen (secondary N) is 1. The summed E-state index contributed by atoms with van der Waals surface area (Å²) < 4.78 is 40.7. The van der Waals surface area contributed by atoms with Crippen molar-refractivity contribution in [2.24, 2.45) is 4.74 Å². The second-order valence-electron chi connectivity index (χ2n) is 14.0. The molecule has 10 rings (SSSR count). The smallest absolute Gasteiger partial charge is 0.335 e. The lowest BCUT2D eigenvalue weighted by molar-refractivity contribution is 0.628. The van der Waals surface area contributed by atoms with Crippen molar-refractivity contribution in [2.45, 2.75) is 0 Å². The van der Waals surface area contributed by atoms with Gasteiger partial charge in [-0.3, -0.25) is 4.74 Å². The largest absolute Gasteiger partial charge is 0.399 e. The molecule has 4 heterocycles. The number of anilines is 5. The van der Waals surface area contributed by atoms with Crippen molar-refractivity contribution >= 4 is 117 Å². The molecule has 10 aromatic rings. The normalized spacial score (nSPS) is 9.89. The van der Waals surface area contributed by atoms with Crippen molar-refractivity contribution in [3.8, 4) is 33.9 Å². The van der Waals surface area contributed by atoms with Crippen molar-refractivity contribution in [3.63, 3.8) is 0 Å². The van der Waals surface area contributed by atoms with E-state index >= 15 is 0 Å². The molecule has 0 spiro atoms. The summed E-state index contributed by atoms with van der Waals surface area (Å²) in [5.41, 5.74) is 27.0. The van der Waals surface area contributed by atoms with Crippen LogP contribution < -0.4 is 22.5 Å². The lowest BCUT2D eigenvalue weighted by atomic mass is 10.1. The number of aromatic nitrogens is 6. The second kappa shape index (κ2) is 27.4. The molecule has 0 aliphatic carbocycles. The van der Waals surface area contributed by atoms with Gasteiger partial charge < -0.3 is 31.7 Å². The molecule has 0 saturated carbocycles. The molecule has 70 heavy (non-hydrogen) atoms. The van der Waals surface area contributed by atoms with Gasteiger partial charge in [-0.15, -0.1) is 0 Å². The first-order chi connectivity index (χ1) is 34.0. The molecule has 0 aliphatic rings. The Balaban J connectivity index is 0.000000200. The van der Waals surface area contributed by atoms with E-state index in [1.807, 2.05) is 97.2 Å². The number of para-hydroxylation sites is 4. The third-order valence-corrected chi connectivity index (χ3v) is 10.3. The fourth-order valence-corrected chi connectivity index (χ4v) is 7.32. The molecule has 0 atom stereocenters. The van der Waals surface area contributed by atoms with Crippen molar-refractivity contribution in [1.82, 2.24) is 29.1 Å². The van der Waals surface area contributed by atoms with Crippen molar-refractivity contribution in [3.05, 3.63) is 198 Å². The topological polar surface area (TPSA) is 232 Å². The Bertz CT molecular complexity index is 3370. The molecule has 6 aromatic carbocycles. The number of nitrogen functional groups attached to an aromatic ring is 3. The number of halogens is 3. The Morgan fingerprint density at radius 1 is 0.543 bits per heavy atom. The van der Waals surface area contributed by atoms with Gasteiger partial charge in [0.2, 0.25) is 11.2 Å². The molecule has 0 saturated heterocycles. The van der Waals surface area contributed by atoms with Gasteiger partial charge >= 0.3 is 23.1 Å². The molecule has 0 aliphatic heterocycles. The zero-order valence-corrected chi connectivity index (χ0v) is 41.7. The van der Waals surface area contributed by atoms with Gasteiger partial charge in [-0.2, -0.15) is 16.8 Å². The highest BCUT2D eigenvalue weighted by atomic mass is 35.5. The molecular weight excluding hydrogens is 1010 g/mol. The lowest BCUT2D eigenvalue weighted by Gasteiger charge is -2.08. The van der Waals surface area contributed by atoms with Crippen LogP contribution in [0.3, 0.4) is 0 Å². The summed E-state index contributed by atoms with van der Waals surface area (Å²) in [5.74, 6) is 0.455. The maximum atomic E-state index is 8.29. The van der Waals surface area contributed by atoms with E-state index in [2.05, 4.69) is 97.9 Å². The fourth-order valence-electron chi connectivity index (χ4n) is 6.80. The maximum absolute atomic E-state index is 8.29. The number of benzene rings is 6. The molecule has 21 heteroatoms. The first kappa shape index (κ1) is 53.3. The number of nitrogens with zero attached hydrogens (tertiary/aromatic N) is 7. The molecule has 0 bridgehead atoms. The average Bonchev–Trinajstić information content (AvgIpc) is 3.94. The van der Waals surface area contributed by atoms with Crippen LogP contribution in [0.15, 0.2) is 187 Å². The highest BCUT2D eigenvalue weighted by Gasteiger charge is 2.18. The standard InChI is InChI=1S/C24H18ClN5.C18H11Cl2N3.C6H8N2.CH4NP.2O2S/c25-21-14-27-24(28-17-8-6-7-16(26)13-17)29-23(21)20-15-30(18-9-2-1-3-10-18)22-12-5-4-11-19(20)22;19-15-10-21-18(20)22-17(15)14-11-23(12-6-2-1-3-7-12)16-9-5-4-8-13(14)16;7-5-2-1-3-6(8)4-5;1-2-3;2*1-3-2/h1-15H,26H2,(H,27,28,29);1-11H;1-4H,7-8H2;3H,1H3;;. The van der Waals surface area contributed by atoms with Crippen LogP contribution in [0.1, 0.15) is 0 Å². The van der Waals surface area contributed by atoms with E-state index in [4.69, 9.17) is 73.8 Å². The highest BCUT2D eigenvalue weighted by Crippen LogP contribution is 2.37. The van der Waals surface area contributed by atoms with Crippen LogP contribution >= 0.6 is 43.8 Å². The maximum Gasteiger partial charge on any atom is 0.335 e. The molecule has 354 valence electrons. The van der Waals surface area contributed by atoms with Gasteiger partial charge in [0.25, 0.3) is 0 Å². The quantitative estimate of drug-likeness (QED) is 0.0692. The molecule has 15 nitrogen and oxygen atoms in total. The number of hydrogen-bond donors (Lipinski definition) is 4. The Labute approximate surface area is 426 Å². The number of hydrogen-bond acceptors (Lipinski definition) is 13. The molecule has 0 radical (unpaired) electrons. The zero-order chi connectivity index (χ0) is 50.4. The number of nitrogens with two attached hydrogens (primary N) is 3. The van der Waals surface area contributed by atoms with Crippen LogP contribution in [0.2, 0.25) is 15.3 Å². The van der Waals surface area contributed by atoms with Crippen LogP contribution in [0.5, 0.6) is 0 Å². The van der Waals surface area contributed by atoms with E-state index in [1.165, 1.54) is 6.20 Å². The summed E-state index contributed by atoms with van der Waals surface area (Å²) in [6.45, 7) is 0. The Hall–Kier alpha value is -7.63. The van der Waals surface area contributed by atoms with E-state index in [-0.39, 0.29) is 5.28 Å². The van der Waals surface area contributed by atoms with Crippen LogP contribution in [0.4, 0.5) is 28.7 Å². The molecule has 7 N–H and O–H groups in total. The van der Waals surface area contributed by atoms with Gasteiger partial charge in [0.1, 0.15) is 0 Å². The first-order valence-electron chi connectivity index (χ1n) is 20.3. The second-order valence-corrected chi connectivity index (χ2v) is 15.9. The lowest BCUT2D eigenvalue weighted by Crippen LogP contribution is -1.99. The van der Waals surface area contributed by atoms with Gasteiger partial charge in [-0.25, -0.2) is 19.9 Å². The highest BCUT2D eigenvalue weighted by molar-refractivity contribution is 7.52. The van der Waals surface area contributed by atoms with Gasteiger partial charge in [-0.1, -0.05) is 108 Å². The predicted molar refractivity (Wildman–Crippen MR) is 288 cm³/mol. The fraction of sp³-hybridized carbons (Fsp3) is 0.0204. The predicted octanol–water partition coefficient (Wildman–Crippen LogP) is 11.9. The first-order valence-corrected chi connectivity index (χ1v) is 23.2. The van der Waals surface area contributed by atoms with Gasteiger partial charge in [0, 0.05) is 75.5 Å². The van der Waals surface area contributed by atoms with E-state index in [1.54, 1.807) is 31.4 Å². The van der Waals surface area contributed by atoms with Gasteiger partial charge in [0.15, 0.2) is 0 Å². The van der Waals surface area contributed by atoms with E-state index < -0.39 is 23.1 Å². The van der Waals surface area contributed by atoms with Gasteiger partial charge in [-0.05, 0) is 93.4 Å². The Morgan fingerprint density at radius 2 is 0.943 bits per heavy atom. The summed E-state index contributed by atoms with van der Waals surface area (Å²) in [5, 5.41) is 6.48. The van der Waals surface area contributed by atoms with Crippen LogP contribution in [0, 0.1) is 0 Å². The summed E-state index contributed by atoms with van der Waals surface area (Å²) in [6, 6.07) is 51.3. The minimum Gasteiger partial charge on any atom is -0.399 e. The summed E-state index contributed by atoms with van der Waals surface area (Å²) in [7, 11) is 4.47. The Morgan fingerprint density at radius 3 is 1.39 bits per heavy atom. The minimum absolute atomic E-state index is 0.181. The van der Waals surface area contributed by atoms with Crippen LogP contribution in [0.25, 0.3) is 55.7 Å². The molecule has 0 amide bonds. The average molecular weight is 1050 g/mol. The molecule has 0 unspecified atom stereocenters. The molecule has 0 fully saturated rings. The van der Waals surface area contributed by atoms with E-state index in [0.717, 1.165) is 50.0 Å². The van der Waals surface area contributed by atoms with Crippen molar-refractivity contribution in [1.29, 1.82) is 0 Å². The third kappa shape index (κ3) is 14.7. The summed E-state index contributed by atoms with van der Waals surface area (Å²) in [4.78, 5) is 17.3. The summed E-state index contributed by atoms with van der Waals surface area (Å²) >= 11 is 17.3. The Kier molecular flexibility index (Phi) is 20.9. The van der Waals surface area contributed by atoms with Crippen molar-refractivity contribution < 1.29 is 16.8 Å². The monoisotopic (exact) mass is 1050 g/mol. The van der Waals surface area contributed by atoms with Gasteiger partial charge in [0.05, 0.1) is 44.9 Å².